The van der Waals surface area contributed by atoms with Gasteiger partial charge in [-0.25, -0.2) is 65.2 Å². The predicted octanol–water partition coefficient (Wildman–Crippen LogP) is 9.73. The Kier molecular flexibility index (Phi) is 24.7. The fourth-order valence-electron chi connectivity index (χ4n) is 11.4. The second-order valence-electron chi connectivity index (χ2n) is 25.2. The van der Waals surface area contributed by atoms with Crippen molar-refractivity contribution in [3.05, 3.63) is 161 Å². The molecule has 0 saturated carbocycles. The molecule has 0 unspecified atom stereocenters. The third-order valence-corrected chi connectivity index (χ3v) is 21.4. The first-order chi connectivity index (χ1) is 46.2. The highest BCUT2D eigenvalue weighted by atomic mass is 32.2. The second kappa shape index (κ2) is 31.8. The number of hydrogen-bond acceptors (Lipinski definition) is 20. The van der Waals surface area contributed by atoms with Crippen LogP contribution in [0.4, 0.5) is 48.6 Å². The summed E-state index contributed by atoms with van der Waals surface area (Å²) in [6.07, 6.45) is 6.83. The van der Waals surface area contributed by atoms with Crippen molar-refractivity contribution in [3.63, 3.8) is 0 Å². The Balaban J connectivity index is 0.000000178. The van der Waals surface area contributed by atoms with Crippen LogP contribution in [0.25, 0.3) is 0 Å². The summed E-state index contributed by atoms with van der Waals surface area (Å²) in [5.74, 6) is -2.45. The number of hydrogen-bond donors (Lipinski definition) is 0. The van der Waals surface area contributed by atoms with Gasteiger partial charge in [0, 0.05) is 90.2 Å². The van der Waals surface area contributed by atoms with Gasteiger partial charge in [0.25, 0.3) is 10.1 Å². The largest absolute Gasteiger partial charge is 0.489 e. The molecule has 5 aliphatic heterocycles. The molecule has 3 saturated heterocycles. The maximum atomic E-state index is 14.5. The van der Waals surface area contributed by atoms with Crippen molar-refractivity contribution >= 4 is 78.7 Å². The Morgan fingerprint density at radius 2 is 0.717 bits per heavy atom. The molecule has 5 heterocycles. The number of ether oxygens (including phenoxy) is 4. The van der Waals surface area contributed by atoms with Gasteiger partial charge in [-0.15, -0.1) is 0 Å². The van der Waals surface area contributed by atoms with Crippen LogP contribution in [0.1, 0.15) is 69.2 Å². The topological polar surface area (TPSA) is 267 Å². The molecule has 11 rings (SSSR count). The van der Waals surface area contributed by atoms with E-state index in [9.17, 15) is 73.6 Å². The van der Waals surface area contributed by atoms with E-state index in [1.165, 1.54) is 36.4 Å². The van der Waals surface area contributed by atoms with Gasteiger partial charge in [0.2, 0.25) is 0 Å². The fourth-order valence-corrected chi connectivity index (χ4v) is 14.6. The lowest BCUT2D eigenvalue weighted by Gasteiger charge is -2.29. The number of sulfone groups is 4. The number of fused-ring (bicyclic) bond motifs is 2. The molecule has 0 N–H and O–H groups in total. The van der Waals surface area contributed by atoms with E-state index < -0.39 is 84.7 Å². The zero-order valence-electron chi connectivity index (χ0n) is 56.0. The standard InChI is InChI=1S/2C24H29FN2O5S.C12H16FNO5S2.C7H6F2O2S/c2*1-16(2)31-24(28)27-10-8-17-12-19(5-4-18(17)14-27)32-20-9-11-26(15-20)23-7-6-21(13-22(23)25)33(3,29)30;1-20(15,16)10-3-4-12(11(13)7-10)14-6-5-9(8-14)19-21(2,17)18;1-12(10,11)5-2-3-6(8)7(9)4-5/h2*4-7,12-13,16,20H,8-11,14-15H2,1-3H3;3-4,7,9H,5-6,8H2,1-2H3;2-4H,1H3/t2*20-;9-;/m001./s1. The Bertz CT molecular complexity index is 4370. The average Bonchev–Trinajstić information content (AvgIpc) is 1.72. The second-order valence-corrected chi connectivity index (χ2v) is 34.8. The van der Waals surface area contributed by atoms with Crippen molar-refractivity contribution in [2.75, 3.05) is 98.3 Å². The number of rotatable bonds is 15. The van der Waals surface area contributed by atoms with Crippen molar-refractivity contribution in [2.45, 2.75) is 123 Å². The van der Waals surface area contributed by atoms with Gasteiger partial charge in [-0.2, -0.15) is 8.42 Å². The molecular formula is C67H80F5N5O17S5. The maximum absolute atomic E-state index is 14.5. The highest BCUT2D eigenvalue weighted by Gasteiger charge is 2.32. The molecule has 0 radical (unpaired) electrons. The first-order valence-corrected chi connectivity index (χ1v) is 40.8. The predicted molar refractivity (Wildman–Crippen MR) is 361 cm³/mol. The summed E-state index contributed by atoms with van der Waals surface area (Å²) in [6.45, 7) is 12.5. The minimum Gasteiger partial charge on any atom is -0.489 e. The summed E-state index contributed by atoms with van der Waals surface area (Å²) in [7, 11) is -17.4. The molecular weight excluding hydrogens is 1400 g/mol. The maximum Gasteiger partial charge on any atom is 0.410 e. The smallest absolute Gasteiger partial charge is 0.410 e. The third-order valence-electron chi connectivity index (χ3n) is 16.3. The Morgan fingerprint density at radius 1 is 0.394 bits per heavy atom. The number of anilines is 3. The first-order valence-electron chi connectivity index (χ1n) is 31.4. The number of nitrogens with zero attached hydrogens (tertiary/aromatic N) is 5. The lowest BCUT2D eigenvalue weighted by molar-refractivity contribution is 0.0721. The molecule has 0 spiro atoms. The summed E-state index contributed by atoms with van der Waals surface area (Å²) >= 11 is 0. The number of carbonyl (C=O) groups is 2. The molecule has 3 fully saturated rings. The molecule has 99 heavy (non-hydrogen) atoms. The number of halogens is 5. The first kappa shape index (κ1) is 77.0. The van der Waals surface area contributed by atoms with Gasteiger partial charge < -0.3 is 43.4 Å². The van der Waals surface area contributed by atoms with Crippen LogP contribution in [0.5, 0.6) is 11.5 Å². The minimum atomic E-state index is -3.55. The van der Waals surface area contributed by atoms with E-state index in [0.29, 0.717) is 82.8 Å². The summed E-state index contributed by atoms with van der Waals surface area (Å²) in [4.78, 5) is 32.8. The molecule has 6 aromatic carbocycles. The zero-order chi connectivity index (χ0) is 72.7. The zero-order valence-corrected chi connectivity index (χ0v) is 60.1. The lowest BCUT2D eigenvalue weighted by Crippen LogP contribution is -2.37. The van der Waals surface area contributed by atoms with Crippen LogP contribution in [0, 0.1) is 29.1 Å². The Labute approximate surface area is 575 Å². The van der Waals surface area contributed by atoms with E-state index in [1.54, 1.807) is 14.7 Å². The number of benzene rings is 6. The Morgan fingerprint density at radius 3 is 1.03 bits per heavy atom. The summed E-state index contributed by atoms with van der Waals surface area (Å²) in [5, 5.41) is 0. The van der Waals surface area contributed by atoms with Gasteiger partial charge in [-0.05, 0) is 166 Å². The van der Waals surface area contributed by atoms with Crippen LogP contribution < -0.4 is 24.2 Å². The summed E-state index contributed by atoms with van der Waals surface area (Å²) in [5.41, 5.74) is 5.46. The number of amides is 2. The molecule has 6 aromatic rings. The molecule has 22 nitrogen and oxygen atoms in total. The molecule has 2 amide bonds. The average molecular weight is 1480 g/mol. The number of carbonyl (C=O) groups excluding carboxylic acids is 2. The van der Waals surface area contributed by atoms with Crippen molar-refractivity contribution in [2.24, 2.45) is 0 Å². The Hall–Kier alpha value is -7.78. The van der Waals surface area contributed by atoms with E-state index in [0.717, 1.165) is 121 Å². The van der Waals surface area contributed by atoms with Crippen LogP contribution in [0.2, 0.25) is 0 Å². The lowest BCUT2D eigenvalue weighted by atomic mass is 10.00. The molecule has 32 heteroatoms. The van der Waals surface area contributed by atoms with E-state index in [1.807, 2.05) is 73.9 Å². The van der Waals surface area contributed by atoms with Crippen molar-refractivity contribution < 1.29 is 96.8 Å². The quantitative estimate of drug-likeness (QED) is 0.0525. The van der Waals surface area contributed by atoms with Crippen LogP contribution >= 0.6 is 0 Å². The molecule has 540 valence electrons. The normalized spacial score (nSPS) is 17.9. The van der Waals surface area contributed by atoms with Crippen LogP contribution in [-0.4, -0.2) is 178 Å². The minimum absolute atomic E-state index is 0.0270. The summed E-state index contributed by atoms with van der Waals surface area (Å²) < 4.78 is 209. The molecule has 5 aliphatic rings. The van der Waals surface area contributed by atoms with Crippen LogP contribution in [0.3, 0.4) is 0 Å². The molecule has 3 atom stereocenters. The SMILES string of the molecule is CC(C)OC(=O)N1CCc2cc(O[C@H]3CCN(c4ccc(S(C)(=O)=O)cc4F)C3)ccc2C1.CC(C)OC(=O)N1CCc2cc(O[C@H]3CCN(c4ccc(S(C)(=O)=O)cc4F)C3)ccc2C1.CS(=O)(=O)O[C@@H]1CCN(c2ccc(S(C)(=O)=O)cc2F)C1.CS(=O)(=O)c1ccc(F)c(F)c1. The molecule has 0 bridgehead atoms. The van der Waals surface area contributed by atoms with Gasteiger partial charge in [0.05, 0.1) is 74.3 Å². The highest BCUT2D eigenvalue weighted by molar-refractivity contribution is 7.91. The van der Waals surface area contributed by atoms with E-state index in [4.69, 9.17) is 23.1 Å². The van der Waals surface area contributed by atoms with Crippen molar-refractivity contribution in [1.29, 1.82) is 0 Å². The van der Waals surface area contributed by atoms with Gasteiger partial charge in [-0.1, -0.05) is 12.1 Å². The molecule has 0 aliphatic carbocycles. The van der Waals surface area contributed by atoms with Gasteiger partial charge >= 0.3 is 12.2 Å². The molecule has 0 aromatic heterocycles. The fraction of sp³-hybridized carbons (Fsp3) is 0.433. The third kappa shape index (κ3) is 21.6. The van der Waals surface area contributed by atoms with E-state index in [-0.39, 0.29) is 68.4 Å². The van der Waals surface area contributed by atoms with Gasteiger partial charge in [-0.3, -0.25) is 4.18 Å². The van der Waals surface area contributed by atoms with E-state index >= 15 is 0 Å². The van der Waals surface area contributed by atoms with Gasteiger partial charge in [0.1, 0.15) is 41.2 Å². The van der Waals surface area contributed by atoms with Crippen molar-refractivity contribution in [1.82, 2.24) is 9.80 Å². The van der Waals surface area contributed by atoms with E-state index in [2.05, 4.69) is 0 Å². The van der Waals surface area contributed by atoms with Crippen LogP contribution in [0.15, 0.2) is 129 Å². The van der Waals surface area contributed by atoms with Crippen LogP contribution in [-0.2, 0) is 89.1 Å². The van der Waals surface area contributed by atoms with Crippen molar-refractivity contribution in [3.8, 4) is 11.5 Å². The monoisotopic (exact) mass is 1480 g/mol. The summed E-state index contributed by atoms with van der Waals surface area (Å²) in [6, 6.07) is 26.0. The highest BCUT2D eigenvalue weighted by Crippen LogP contribution is 2.34. The van der Waals surface area contributed by atoms with Gasteiger partial charge in [0.15, 0.2) is 51.0 Å².